The van der Waals surface area contributed by atoms with Gasteiger partial charge in [-0.2, -0.15) is 0 Å². The Morgan fingerprint density at radius 2 is 2.24 bits per heavy atom. The molecule has 0 radical (unpaired) electrons. The number of carbonyl (C=O) groups excluding carboxylic acids is 1. The highest BCUT2D eigenvalue weighted by molar-refractivity contribution is 6.33. The first-order valence-electron chi connectivity index (χ1n) is 6.71. The summed E-state index contributed by atoms with van der Waals surface area (Å²) in [4.78, 5) is 24.1. The maximum Gasteiger partial charge on any atom is 0.310 e. The number of hydrogen-bond acceptors (Lipinski definition) is 5. The van der Waals surface area contributed by atoms with Gasteiger partial charge in [-0.05, 0) is 25.8 Å². The van der Waals surface area contributed by atoms with Crippen LogP contribution in [0.1, 0.15) is 18.4 Å². The largest absolute Gasteiger partial charge is 0.469 e. The van der Waals surface area contributed by atoms with Gasteiger partial charge in [-0.25, -0.2) is 0 Å². The minimum Gasteiger partial charge on any atom is -0.469 e. The number of nitro groups is 1. The maximum atomic E-state index is 11.7. The van der Waals surface area contributed by atoms with Gasteiger partial charge in [0.25, 0.3) is 5.69 Å². The normalized spacial score (nSPS) is 18.4. The molecule has 0 spiro atoms. The average molecular weight is 313 g/mol. The Morgan fingerprint density at radius 3 is 2.86 bits per heavy atom. The van der Waals surface area contributed by atoms with Gasteiger partial charge in [0, 0.05) is 24.7 Å². The Bertz CT molecular complexity index is 576. The number of ether oxygens (including phenoxy) is 1. The molecule has 0 bridgehead atoms. The second-order valence-corrected chi connectivity index (χ2v) is 5.56. The van der Waals surface area contributed by atoms with Crippen LogP contribution in [-0.4, -0.2) is 31.1 Å². The Labute approximate surface area is 127 Å². The predicted octanol–water partition coefficient (Wildman–Crippen LogP) is 2.95. The van der Waals surface area contributed by atoms with Gasteiger partial charge in [-0.15, -0.1) is 0 Å². The highest BCUT2D eigenvalue weighted by Gasteiger charge is 2.28. The summed E-state index contributed by atoms with van der Waals surface area (Å²) in [5.74, 6) is -0.412. The highest BCUT2D eigenvalue weighted by Crippen LogP contribution is 2.35. The lowest BCUT2D eigenvalue weighted by atomic mass is 9.97. The average Bonchev–Trinajstić information content (AvgIpc) is 2.48. The number of methoxy groups -OCH3 is 1. The van der Waals surface area contributed by atoms with Gasteiger partial charge < -0.3 is 9.64 Å². The molecule has 0 amide bonds. The van der Waals surface area contributed by atoms with Crippen LogP contribution < -0.4 is 4.90 Å². The number of hydrogen-bond donors (Lipinski definition) is 0. The molecule has 114 valence electrons. The zero-order chi connectivity index (χ0) is 15.6. The lowest BCUT2D eigenvalue weighted by Gasteiger charge is -2.33. The number of halogens is 1. The van der Waals surface area contributed by atoms with Gasteiger partial charge in [-0.1, -0.05) is 11.6 Å². The smallest absolute Gasteiger partial charge is 0.310 e. The standard InChI is InChI=1S/C14H17ClN2O4/c1-9-6-13(11(15)7-12(9)17(19)20)16-5-3-4-10(8-16)14(18)21-2/h6-7,10H,3-5,8H2,1-2H3/t10-/m0/s1. The van der Waals surface area contributed by atoms with E-state index >= 15 is 0 Å². The third-order valence-corrected chi connectivity index (χ3v) is 4.06. The first-order chi connectivity index (χ1) is 9.93. The molecular weight excluding hydrogens is 296 g/mol. The summed E-state index contributed by atoms with van der Waals surface area (Å²) in [6.45, 7) is 2.97. The number of rotatable bonds is 3. The lowest BCUT2D eigenvalue weighted by Crippen LogP contribution is -2.39. The molecule has 1 heterocycles. The summed E-state index contributed by atoms with van der Waals surface area (Å²) < 4.78 is 4.79. The van der Waals surface area contributed by atoms with Crippen LogP contribution in [0.3, 0.4) is 0 Å². The predicted molar refractivity (Wildman–Crippen MR) is 79.8 cm³/mol. The van der Waals surface area contributed by atoms with Crippen LogP contribution in [0, 0.1) is 23.0 Å². The molecule has 1 aromatic rings. The Hall–Kier alpha value is -1.82. The number of anilines is 1. The van der Waals surface area contributed by atoms with E-state index in [0.717, 1.165) is 25.1 Å². The zero-order valence-corrected chi connectivity index (χ0v) is 12.7. The minimum atomic E-state index is -0.446. The highest BCUT2D eigenvalue weighted by atomic mass is 35.5. The van der Waals surface area contributed by atoms with Crippen molar-refractivity contribution < 1.29 is 14.5 Å². The van der Waals surface area contributed by atoms with Crippen molar-refractivity contribution in [2.45, 2.75) is 19.8 Å². The molecule has 6 nitrogen and oxygen atoms in total. The molecule has 1 aromatic carbocycles. The van der Waals surface area contributed by atoms with Crippen molar-refractivity contribution in [1.82, 2.24) is 0 Å². The SMILES string of the molecule is COC(=O)[C@H]1CCCN(c2cc(C)c([N+](=O)[O-])cc2Cl)C1. The number of nitrogens with zero attached hydrogens (tertiary/aromatic N) is 2. The summed E-state index contributed by atoms with van der Waals surface area (Å²) >= 11 is 6.18. The fourth-order valence-corrected chi connectivity index (χ4v) is 2.93. The van der Waals surface area contributed by atoms with Crippen molar-refractivity contribution in [3.8, 4) is 0 Å². The summed E-state index contributed by atoms with van der Waals surface area (Å²) in [5.41, 5.74) is 1.29. The molecule has 7 heteroatoms. The third-order valence-electron chi connectivity index (χ3n) is 3.76. The van der Waals surface area contributed by atoms with Crippen LogP contribution in [0.25, 0.3) is 0 Å². The molecule has 0 aromatic heterocycles. The Morgan fingerprint density at radius 1 is 1.52 bits per heavy atom. The fraction of sp³-hybridized carbons (Fsp3) is 0.500. The molecule has 0 aliphatic carbocycles. The van der Waals surface area contributed by atoms with E-state index < -0.39 is 4.92 Å². The van der Waals surface area contributed by atoms with Gasteiger partial charge in [0.05, 0.1) is 28.7 Å². The number of aryl methyl sites for hydroxylation is 1. The van der Waals surface area contributed by atoms with Crippen LogP contribution >= 0.6 is 11.6 Å². The molecule has 2 rings (SSSR count). The number of benzene rings is 1. The van der Waals surface area contributed by atoms with Crippen LogP contribution in [0.4, 0.5) is 11.4 Å². The van der Waals surface area contributed by atoms with E-state index in [0.29, 0.717) is 17.1 Å². The van der Waals surface area contributed by atoms with Crippen molar-refractivity contribution in [1.29, 1.82) is 0 Å². The van der Waals surface area contributed by atoms with Gasteiger partial charge in [0.15, 0.2) is 0 Å². The third kappa shape index (κ3) is 3.26. The first kappa shape index (κ1) is 15.6. The first-order valence-corrected chi connectivity index (χ1v) is 7.09. The number of esters is 1. The molecule has 0 N–H and O–H groups in total. The molecule has 1 saturated heterocycles. The quantitative estimate of drug-likeness (QED) is 0.487. The van der Waals surface area contributed by atoms with Crippen LogP contribution in [0.15, 0.2) is 12.1 Å². The van der Waals surface area contributed by atoms with Gasteiger partial charge in [0.1, 0.15) is 0 Å². The minimum absolute atomic E-state index is 0.00489. The van der Waals surface area contributed by atoms with Gasteiger partial charge in [-0.3, -0.25) is 14.9 Å². The zero-order valence-electron chi connectivity index (χ0n) is 12.0. The van der Waals surface area contributed by atoms with E-state index in [1.165, 1.54) is 13.2 Å². The monoisotopic (exact) mass is 312 g/mol. The van der Waals surface area contributed by atoms with E-state index in [1.54, 1.807) is 13.0 Å². The topological polar surface area (TPSA) is 72.7 Å². The molecule has 21 heavy (non-hydrogen) atoms. The van der Waals surface area contributed by atoms with Gasteiger partial charge in [0.2, 0.25) is 0 Å². The molecule has 0 saturated carbocycles. The van der Waals surface area contributed by atoms with Gasteiger partial charge >= 0.3 is 5.97 Å². The summed E-state index contributed by atoms with van der Waals surface area (Å²) in [6.07, 6.45) is 1.64. The van der Waals surface area contributed by atoms with Crippen molar-refractivity contribution in [2.24, 2.45) is 5.92 Å². The number of nitro benzene ring substituents is 1. The molecule has 1 fully saturated rings. The van der Waals surface area contributed by atoms with Crippen molar-refractivity contribution in [3.63, 3.8) is 0 Å². The van der Waals surface area contributed by atoms with Crippen LogP contribution in [-0.2, 0) is 9.53 Å². The second-order valence-electron chi connectivity index (χ2n) is 5.16. The molecule has 1 aliphatic rings. The Kier molecular flexibility index (Phi) is 4.67. The molecule has 1 atom stereocenters. The van der Waals surface area contributed by atoms with Crippen LogP contribution in [0.2, 0.25) is 5.02 Å². The molecule has 1 aliphatic heterocycles. The van der Waals surface area contributed by atoms with E-state index in [2.05, 4.69) is 0 Å². The lowest BCUT2D eigenvalue weighted by molar-refractivity contribution is -0.385. The fourth-order valence-electron chi connectivity index (χ4n) is 2.65. The van der Waals surface area contributed by atoms with Crippen molar-refractivity contribution in [2.75, 3.05) is 25.1 Å². The molecular formula is C14H17ClN2O4. The Balaban J connectivity index is 2.27. The second kappa shape index (κ2) is 6.30. The van der Waals surface area contributed by atoms with E-state index in [9.17, 15) is 14.9 Å². The summed E-state index contributed by atoms with van der Waals surface area (Å²) in [6, 6.07) is 3.08. The summed E-state index contributed by atoms with van der Waals surface area (Å²) in [5, 5.41) is 11.2. The molecule has 0 unspecified atom stereocenters. The summed E-state index contributed by atoms with van der Waals surface area (Å²) in [7, 11) is 1.38. The van der Waals surface area contributed by atoms with E-state index in [4.69, 9.17) is 16.3 Å². The number of carbonyl (C=O) groups is 1. The number of piperidine rings is 1. The maximum absolute atomic E-state index is 11.7. The van der Waals surface area contributed by atoms with Crippen LogP contribution in [0.5, 0.6) is 0 Å². The van der Waals surface area contributed by atoms with Crippen molar-refractivity contribution >= 4 is 28.9 Å². The van der Waals surface area contributed by atoms with E-state index in [1.807, 2.05) is 4.90 Å². The van der Waals surface area contributed by atoms with Crippen molar-refractivity contribution in [3.05, 3.63) is 32.8 Å². The van der Waals surface area contributed by atoms with E-state index in [-0.39, 0.29) is 17.6 Å².